The van der Waals surface area contributed by atoms with Gasteiger partial charge in [0.05, 0.1) is 0 Å². The van der Waals surface area contributed by atoms with Crippen molar-refractivity contribution in [1.29, 1.82) is 0 Å². The molecule has 1 saturated heterocycles. The summed E-state index contributed by atoms with van der Waals surface area (Å²) in [6.07, 6.45) is 4.11. The summed E-state index contributed by atoms with van der Waals surface area (Å²) in [5.41, 5.74) is 1.06. The van der Waals surface area contributed by atoms with Crippen LogP contribution in [-0.4, -0.2) is 31.4 Å². The molecule has 4 nitrogen and oxygen atoms in total. The molecule has 1 aromatic rings. The average Bonchev–Trinajstić information content (AvgIpc) is 2.88. The number of hydrogen-bond acceptors (Lipinski definition) is 4. The average molecular weight is 331 g/mol. The van der Waals surface area contributed by atoms with Gasteiger partial charge in [0.1, 0.15) is 4.21 Å². The summed E-state index contributed by atoms with van der Waals surface area (Å²) in [4.78, 5) is 0. The van der Waals surface area contributed by atoms with Crippen LogP contribution in [0.1, 0.15) is 52.0 Å². The smallest absolute Gasteiger partial charge is 0.253 e. The van der Waals surface area contributed by atoms with Crippen LogP contribution in [0, 0.1) is 0 Å². The van der Waals surface area contributed by atoms with Crippen LogP contribution in [0.15, 0.2) is 15.7 Å². The number of rotatable bonds is 6. The van der Waals surface area contributed by atoms with Gasteiger partial charge in [0, 0.05) is 18.6 Å². The zero-order valence-corrected chi connectivity index (χ0v) is 14.8. The molecule has 0 radical (unpaired) electrons. The SMILES string of the molecule is CCCNCc1csc(S(=O)(=O)N2C(C)CCCC2C)c1. The summed E-state index contributed by atoms with van der Waals surface area (Å²) in [7, 11) is -3.35. The Morgan fingerprint density at radius 3 is 2.62 bits per heavy atom. The zero-order chi connectivity index (χ0) is 15.5. The zero-order valence-electron chi connectivity index (χ0n) is 13.1. The Balaban J connectivity index is 2.15. The van der Waals surface area contributed by atoms with Gasteiger partial charge < -0.3 is 5.32 Å². The molecule has 2 atom stereocenters. The molecule has 1 N–H and O–H groups in total. The fourth-order valence-electron chi connectivity index (χ4n) is 2.97. The highest BCUT2D eigenvalue weighted by atomic mass is 32.2. The summed E-state index contributed by atoms with van der Waals surface area (Å²) in [6.45, 7) is 7.85. The molecule has 0 saturated carbocycles. The van der Waals surface area contributed by atoms with Crippen LogP contribution in [-0.2, 0) is 16.6 Å². The molecule has 0 bridgehead atoms. The molecule has 6 heteroatoms. The van der Waals surface area contributed by atoms with Crippen LogP contribution in [0.25, 0.3) is 0 Å². The minimum Gasteiger partial charge on any atom is -0.313 e. The Hall–Kier alpha value is -0.430. The van der Waals surface area contributed by atoms with Crippen LogP contribution in [0.5, 0.6) is 0 Å². The quantitative estimate of drug-likeness (QED) is 0.815. The van der Waals surface area contributed by atoms with Crippen molar-refractivity contribution in [1.82, 2.24) is 9.62 Å². The minimum atomic E-state index is -3.35. The first-order valence-electron chi connectivity index (χ1n) is 7.78. The van der Waals surface area contributed by atoms with E-state index in [1.807, 2.05) is 25.3 Å². The van der Waals surface area contributed by atoms with Crippen LogP contribution >= 0.6 is 11.3 Å². The summed E-state index contributed by atoms with van der Waals surface area (Å²) in [6, 6.07) is 2.03. The molecule has 0 aliphatic carbocycles. The molecule has 0 aromatic carbocycles. The number of sulfonamides is 1. The fourth-order valence-corrected chi connectivity index (χ4v) is 6.16. The second-order valence-corrected chi connectivity index (χ2v) is 8.90. The first kappa shape index (κ1) is 16.9. The van der Waals surface area contributed by atoms with E-state index in [-0.39, 0.29) is 12.1 Å². The molecule has 1 aliphatic heterocycles. The van der Waals surface area contributed by atoms with Crippen LogP contribution in [0.2, 0.25) is 0 Å². The number of nitrogens with zero attached hydrogens (tertiary/aromatic N) is 1. The minimum absolute atomic E-state index is 0.0996. The molecule has 2 rings (SSSR count). The Morgan fingerprint density at radius 2 is 2.00 bits per heavy atom. The van der Waals surface area contributed by atoms with Crippen molar-refractivity contribution in [3.63, 3.8) is 0 Å². The van der Waals surface area contributed by atoms with Crippen LogP contribution in [0.3, 0.4) is 0 Å². The number of nitrogens with one attached hydrogen (secondary N) is 1. The number of hydrogen-bond donors (Lipinski definition) is 1. The van der Waals surface area contributed by atoms with E-state index in [9.17, 15) is 8.42 Å². The first-order chi connectivity index (χ1) is 9.96. The maximum atomic E-state index is 12.9. The van der Waals surface area contributed by atoms with Crippen molar-refractivity contribution in [3.8, 4) is 0 Å². The van der Waals surface area contributed by atoms with Crippen LogP contribution in [0.4, 0.5) is 0 Å². The van der Waals surface area contributed by atoms with Crippen molar-refractivity contribution in [2.45, 2.75) is 69.3 Å². The van der Waals surface area contributed by atoms with Crippen LogP contribution < -0.4 is 5.32 Å². The highest BCUT2D eigenvalue weighted by molar-refractivity contribution is 7.91. The van der Waals surface area contributed by atoms with E-state index >= 15 is 0 Å². The normalized spacial score (nSPS) is 24.3. The van der Waals surface area contributed by atoms with E-state index in [4.69, 9.17) is 0 Å². The van der Waals surface area contributed by atoms with Gasteiger partial charge in [0.25, 0.3) is 10.0 Å². The highest BCUT2D eigenvalue weighted by Gasteiger charge is 2.36. The molecule has 120 valence electrons. The van der Waals surface area contributed by atoms with E-state index < -0.39 is 10.0 Å². The number of piperidine rings is 1. The summed E-state index contributed by atoms with van der Waals surface area (Å²) < 4.78 is 27.9. The largest absolute Gasteiger partial charge is 0.313 e. The molecule has 0 amide bonds. The third-order valence-corrected chi connectivity index (χ3v) is 7.62. The van der Waals surface area contributed by atoms with Gasteiger partial charge in [-0.2, -0.15) is 4.31 Å². The monoisotopic (exact) mass is 330 g/mol. The molecule has 1 aliphatic rings. The first-order valence-corrected chi connectivity index (χ1v) is 10.1. The lowest BCUT2D eigenvalue weighted by atomic mass is 10.0. The Bertz CT molecular complexity index is 544. The third-order valence-electron chi connectivity index (χ3n) is 4.03. The molecule has 21 heavy (non-hydrogen) atoms. The standard InChI is InChI=1S/C15H26N2O2S2/c1-4-8-16-10-14-9-15(20-11-14)21(18,19)17-12(2)6-5-7-13(17)3/h9,11-13,16H,4-8,10H2,1-3H3. The van der Waals surface area contributed by atoms with Crippen molar-refractivity contribution in [2.24, 2.45) is 0 Å². The van der Waals surface area contributed by atoms with Gasteiger partial charge >= 0.3 is 0 Å². The molecule has 0 spiro atoms. The van der Waals surface area contributed by atoms with Gasteiger partial charge in [-0.3, -0.25) is 0 Å². The Labute approximate surface area is 132 Å². The summed E-state index contributed by atoms with van der Waals surface area (Å²) in [5.74, 6) is 0. The van der Waals surface area contributed by atoms with Crippen molar-refractivity contribution >= 4 is 21.4 Å². The lowest BCUT2D eigenvalue weighted by Crippen LogP contribution is -2.47. The van der Waals surface area contributed by atoms with Gasteiger partial charge in [-0.15, -0.1) is 11.3 Å². The molecule has 2 unspecified atom stereocenters. The molecule has 1 fully saturated rings. The maximum absolute atomic E-state index is 12.9. The number of thiophene rings is 1. The topological polar surface area (TPSA) is 49.4 Å². The predicted octanol–water partition coefficient (Wildman–Crippen LogP) is 3.20. The van der Waals surface area contributed by atoms with Gasteiger partial charge in [-0.05, 0) is 56.7 Å². The highest BCUT2D eigenvalue weighted by Crippen LogP contribution is 2.32. The molecular formula is C15H26N2O2S2. The third kappa shape index (κ3) is 3.86. The summed E-state index contributed by atoms with van der Waals surface area (Å²) >= 11 is 1.34. The van der Waals surface area contributed by atoms with E-state index in [2.05, 4.69) is 12.2 Å². The second kappa shape index (κ2) is 7.22. The van der Waals surface area contributed by atoms with E-state index in [1.165, 1.54) is 11.3 Å². The molecule has 1 aromatic heterocycles. The van der Waals surface area contributed by atoms with Crippen molar-refractivity contribution < 1.29 is 8.42 Å². The fraction of sp³-hybridized carbons (Fsp3) is 0.733. The van der Waals surface area contributed by atoms with Crippen molar-refractivity contribution in [2.75, 3.05) is 6.54 Å². The maximum Gasteiger partial charge on any atom is 0.253 e. The lowest BCUT2D eigenvalue weighted by Gasteiger charge is -2.37. The van der Waals surface area contributed by atoms with Gasteiger partial charge in [0.2, 0.25) is 0 Å². The second-order valence-electron chi connectivity index (χ2n) is 5.91. The lowest BCUT2D eigenvalue weighted by molar-refractivity contribution is 0.204. The van der Waals surface area contributed by atoms with Crippen molar-refractivity contribution in [3.05, 3.63) is 17.0 Å². The van der Waals surface area contributed by atoms with E-state index in [1.54, 1.807) is 4.31 Å². The Morgan fingerprint density at radius 1 is 1.33 bits per heavy atom. The van der Waals surface area contributed by atoms with Gasteiger partial charge in [-0.25, -0.2) is 8.42 Å². The molecular weight excluding hydrogens is 304 g/mol. The summed E-state index contributed by atoms with van der Waals surface area (Å²) in [5, 5.41) is 5.26. The van der Waals surface area contributed by atoms with E-state index in [0.29, 0.717) is 4.21 Å². The van der Waals surface area contributed by atoms with Gasteiger partial charge in [0.15, 0.2) is 0 Å². The Kier molecular flexibility index (Phi) is 5.82. The molecule has 2 heterocycles. The van der Waals surface area contributed by atoms with E-state index in [0.717, 1.165) is 44.3 Å². The van der Waals surface area contributed by atoms with Gasteiger partial charge in [-0.1, -0.05) is 13.3 Å². The predicted molar refractivity (Wildman–Crippen MR) is 88.1 cm³/mol.